The van der Waals surface area contributed by atoms with Gasteiger partial charge in [-0.15, -0.1) is 0 Å². The zero-order valence-electron chi connectivity index (χ0n) is 7.81. The summed E-state index contributed by atoms with van der Waals surface area (Å²) < 4.78 is 1.87. The van der Waals surface area contributed by atoms with E-state index < -0.39 is 0 Å². The Kier molecular flexibility index (Phi) is 2.30. The zero-order valence-corrected chi connectivity index (χ0v) is 7.81. The van der Waals surface area contributed by atoms with E-state index in [0.29, 0.717) is 0 Å². The van der Waals surface area contributed by atoms with Crippen LogP contribution in [0.25, 0.3) is 0 Å². The molecule has 4 N–H and O–H groups in total. The second kappa shape index (κ2) is 3.60. The van der Waals surface area contributed by atoms with Crippen LogP contribution in [-0.2, 0) is 7.05 Å². The van der Waals surface area contributed by atoms with Crippen molar-refractivity contribution < 1.29 is 0 Å². The van der Waals surface area contributed by atoms with Crippen molar-refractivity contribution >= 4 is 0 Å². The van der Waals surface area contributed by atoms with Crippen LogP contribution in [-0.4, -0.2) is 19.7 Å². The summed E-state index contributed by atoms with van der Waals surface area (Å²) in [7, 11) is 1.92. The van der Waals surface area contributed by atoms with Gasteiger partial charge in [-0.2, -0.15) is 5.10 Å². The highest BCUT2D eigenvalue weighted by Gasteiger charge is 2.15. The molecule has 0 amide bonds. The average molecular weight is 192 g/mol. The van der Waals surface area contributed by atoms with Gasteiger partial charge in [-0.3, -0.25) is 10.9 Å². The number of hydrogen-bond donors (Lipinski definition) is 3. The fourth-order valence-corrected chi connectivity index (χ4v) is 1.35. The van der Waals surface area contributed by atoms with Gasteiger partial charge < -0.3 is 4.57 Å². The fraction of sp³-hybridized carbons (Fsp3) is 0.250. The zero-order chi connectivity index (χ0) is 9.97. The van der Waals surface area contributed by atoms with Gasteiger partial charge in [0, 0.05) is 25.0 Å². The highest BCUT2D eigenvalue weighted by Crippen LogP contribution is 2.17. The van der Waals surface area contributed by atoms with Crippen LogP contribution in [0.5, 0.6) is 0 Å². The maximum Gasteiger partial charge on any atom is 0.0947 e. The highest BCUT2D eigenvalue weighted by atomic mass is 15.2. The van der Waals surface area contributed by atoms with Gasteiger partial charge in [0.15, 0.2) is 0 Å². The van der Waals surface area contributed by atoms with E-state index >= 15 is 0 Å². The van der Waals surface area contributed by atoms with Crippen molar-refractivity contribution in [3.63, 3.8) is 0 Å². The van der Waals surface area contributed by atoms with Gasteiger partial charge in [0.1, 0.15) is 0 Å². The Bertz CT molecular complexity index is 390. The maximum atomic E-state index is 5.46. The molecule has 2 rings (SSSR count). The molecule has 2 aromatic heterocycles. The summed E-state index contributed by atoms with van der Waals surface area (Å²) in [6, 6.07) is -0.116. The van der Waals surface area contributed by atoms with Crippen molar-refractivity contribution in [3.05, 3.63) is 36.2 Å². The van der Waals surface area contributed by atoms with E-state index in [2.05, 4.69) is 20.6 Å². The fourth-order valence-electron chi connectivity index (χ4n) is 1.35. The molecule has 0 bridgehead atoms. The molecule has 14 heavy (non-hydrogen) atoms. The van der Waals surface area contributed by atoms with E-state index in [0.717, 1.165) is 11.3 Å². The number of rotatable bonds is 3. The van der Waals surface area contributed by atoms with Crippen LogP contribution in [0.2, 0.25) is 0 Å². The molecule has 2 heterocycles. The Morgan fingerprint density at radius 3 is 3.00 bits per heavy atom. The van der Waals surface area contributed by atoms with E-state index in [1.165, 1.54) is 0 Å². The van der Waals surface area contributed by atoms with Crippen LogP contribution in [0, 0.1) is 0 Å². The Morgan fingerprint density at radius 2 is 2.50 bits per heavy atom. The Hall–Kier alpha value is -1.66. The second-order valence-electron chi connectivity index (χ2n) is 3.10. The first-order valence-electron chi connectivity index (χ1n) is 4.24. The summed E-state index contributed by atoms with van der Waals surface area (Å²) in [5.41, 5.74) is 4.53. The Balaban J connectivity index is 2.31. The molecule has 2 aromatic rings. The number of H-pyrrole nitrogens is 1. The lowest BCUT2D eigenvalue weighted by Crippen LogP contribution is -2.28. The number of aromatic amines is 1. The van der Waals surface area contributed by atoms with Crippen molar-refractivity contribution in [1.82, 2.24) is 25.2 Å². The van der Waals surface area contributed by atoms with Crippen molar-refractivity contribution in [3.8, 4) is 0 Å². The van der Waals surface area contributed by atoms with E-state index in [-0.39, 0.29) is 6.04 Å². The molecule has 0 saturated heterocycles. The van der Waals surface area contributed by atoms with E-state index in [4.69, 9.17) is 5.84 Å². The van der Waals surface area contributed by atoms with Crippen molar-refractivity contribution in [2.24, 2.45) is 12.9 Å². The second-order valence-corrected chi connectivity index (χ2v) is 3.10. The monoisotopic (exact) mass is 192 g/mol. The SMILES string of the molecule is Cn1cnc(C(NN)c2cn[nH]c2)c1. The van der Waals surface area contributed by atoms with Gasteiger partial charge in [0.25, 0.3) is 0 Å². The first kappa shape index (κ1) is 8.92. The minimum Gasteiger partial charge on any atom is -0.340 e. The summed E-state index contributed by atoms with van der Waals surface area (Å²) in [5.74, 6) is 5.46. The third-order valence-corrected chi connectivity index (χ3v) is 2.04. The molecule has 0 aromatic carbocycles. The topological polar surface area (TPSA) is 84.6 Å². The first-order valence-corrected chi connectivity index (χ1v) is 4.24. The summed E-state index contributed by atoms with van der Waals surface area (Å²) >= 11 is 0. The Morgan fingerprint density at radius 1 is 1.64 bits per heavy atom. The molecule has 0 aliphatic heterocycles. The number of nitrogens with one attached hydrogen (secondary N) is 2. The lowest BCUT2D eigenvalue weighted by atomic mass is 10.1. The minimum absolute atomic E-state index is 0.116. The predicted molar refractivity (Wildman–Crippen MR) is 51.0 cm³/mol. The molecule has 6 nitrogen and oxygen atoms in total. The van der Waals surface area contributed by atoms with Crippen LogP contribution in [0.3, 0.4) is 0 Å². The molecule has 0 aliphatic rings. The molecular formula is C8H12N6. The number of nitrogens with zero attached hydrogens (tertiary/aromatic N) is 3. The van der Waals surface area contributed by atoms with Gasteiger partial charge in [-0.1, -0.05) is 0 Å². The lowest BCUT2D eigenvalue weighted by molar-refractivity contribution is 0.623. The van der Waals surface area contributed by atoms with Crippen molar-refractivity contribution in [2.75, 3.05) is 0 Å². The average Bonchev–Trinajstić information content (AvgIpc) is 2.79. The van der Waals surface area contributed by atoms with Gasteiger partial charge in [0.2, 0.25) is 0 Å². The minimum atomic E-state index is -0.116. The number of aromatic nitrogens is 4. The van der Waals surface area contributed by atoms with E-state index in [1.807, 2.05) is 17.8 Å². The smallest absolute Gasteiger partial charge is 0.0947 e. The molecule has 0 saturated carbocycles. The third-order valence-electron chi connectivity index (χ3n) is 2.04. The molecule has 1 atom stereocenters. The van der Waals surface area contributed by atoms with E-state index in [1.54, 1.807) is 18.7 Å². The number of hydrogen-bond acceptors (Lipinski definition) is 4. The molecule has 74 valence electrons. The van der Waals surface area contributed by atoms with Crippen LogP contribution < -0.4 is 11.3 Å². The highest BCUT2D eigenvalue weighted by molar-refractivity contribution is 5.21. The summed E-state index contributed by atoms with van der Waals surface area (Å²) in [6.45, 7) is 0. The standard InChI is InChI=1S/C8H12N6/c1-14-4-7(10-5-14)8(13-9)6-2-11-12-3-6/h2-5,8,13H,9H2,1H3,(H,11,12). The van der Waals surface area contributed by atoms with Crippen molar-refractivity contribution in [2.45, 2.75) is 6.04 Å². The first-order chi connectivity index (χ1) is 6.81. The largest absolute Gasteiger partial charge is 0.340 e. The number of nitrogens with two attached hydrogens (primary N) is 1. The molecule has 0 spiro atoms. The molecular weight excluding hydrogens is 180 g/mol. The number of hydrazine groups is 1. The molecule has 0 aliphatic carbocycles. The predicted octanol–water partition coefficient (Wildman–Crippen LogP) is -0.304. The Labute approximate surface area is 81.1 Å². The van der Waals surface area contributed by atoms with Gasteiger partial charge >= 0.3 is 0 Å². The summed E-state index contributed by atoms with van der Waals surface area (Å²) in [6.07, 6.45) is 7.16. The third kappa shape index (κ3) is 1.52. The quantitative estimate of drug-likeness (QED) is 0.460. The van der Waals surface area contributed by atoms with Gasteiger partial charge in [-0.25, -0.2) is 10.4 Å². The normalized spacial score (nSPS) is 13.0. The summed E-state index contributed by atoms with van der Waals surface area (Å²) in [5, 5.41) is 6.61. The number of aryl methyl sites for hydroxylation is 1. The molecule has 0 fully saturated rings. The van der Waals surface area contributed by atoms with Crippen LogP contribution in [0.15, 0.2) is 24.9 Å². The molecule has 0 radical (unpaired) electrons. The van der Waals surface area contributed by atoms with Crippen LogP contribution >= 0.6 is 0 Å². The van der Waals surface area contributed by atoms with Crippen LogP contribution in [0.1, 0.15) is 17.3 Å². The molecule has 6 heteroatoms. The summed E-state index contributed by atoms with van der Waals surface area (Å²) in [4.78, 5) is 4.22. The van der Waals surface area contributed by atoms with Gasteiger partial charge in [0.05, 0.1) is 24.3 Å². The molecule has 1 unspecified atom stereocenters. The maximum absolute atomic E-state index is 5.46. The van der Waals surface area contributed by atoms with E-state index in [9.17, 15) is 0 Å². The lowest BCUT2D eigenvalue weighted by Gasteiger charge is -2.10. The number of imidazole rings is 1. The van der Waals surface area contributed by atoms with Crippen molar-refractivity contribution in [1.29, 1.82) is 0 Å². The van der Waals surface area contributed by atoms with Gasteiger partial charge in [-0.05, 0) is 0 Å². The van der Waals surface area contributed by atoms with Crippen LogP contribution in [0.4, 0.5) is 0 Å².